The highest BCUT2D eigenvalue weighted by molar-refractivity contribution is 7.89. The van der Waals surface area contributed by atoms with Crippen molar-refractivity contribution in [3.8, 4) is 0 Å². The zero-order valence-corrected chi connectivity index (χ0v) is 21.3. The third-order valence-corrected chi connectivity index (χ3v) is 10.4. The van der Waals surface area contributed by atoms with Crippen LogP contribution in [0.25, 0.3) is 0 Å². The molecule has 1 aromatic carbocycles. The third-order valence-electron chi connectivity index (χ3n) is 6.92. The molecule has 3 rings (SSSR count). The van der Waals surface area contributed by atoms with Gasteiger partial charge in [-0.2, -0.15) is 4.31 Å². The maximum absolute atomic E-state index is 13.4. The van der Waals surface area contributed by atoms with Crippen molar-refractivity contribution in [1.29, 1.82) is 0 Å². The van der Waals surface area contributed by atoms with Crippen LogP contribution >= 0.6 is 0 Å². The van der Waals surface area contributed by atoms with Crippen LogP contribution in [0.5, 0.6) is 0 Å². The van der Waals surface area contributed by atoms with Crippen LogP contribution in [0.3, 0.4) is 0 Å². The van der Waals surface area contributed by atoms with E-state index in [0.29, 0.717) is 50.3 Å². The van der Waals surface area contributed by atoms with E-state index in [1.165, 1.54) is 14.9 Å². The molecule has 2 heterocycles. The predicted octanol–water partition coefficient (Wildman–Crippen LogP) is 1.86. The van der Waals surface area contributed by atoms with Gasteiger partial charge in [0.05, 0.1) is 11.2 Å². The summed E-state index contributed by atoms with van der Waals surface area (Å²) in [7, 11) is -6.91. The summed E-state index contributed by atoms with van der Waals surface area (Å²) in [6.45, 7) is 8.92. The Morgan fingerprint density at radius 3 is 2.00 bits per heavy atom. The third kappa shape index (κ3) is 5.18. The minimum Gasteiger partial charge on any atom is -0.352 e. The van der Waals surface area contributed by atoms with Crippen LogP contribution in [0.1, 0.15) is 47.9 Å². The molecule has 0 bridgehead atoms. The molecule has 2 aliphatic rings. The number of sulfonamides is 2. The van der Waals surface area contributed by atoms with Crippen LogP contribution < -0.4 is 5.32 Å². The van der Waals surface area contributed by atoms with Gasteiger partial charge < -0.3 is 5.32 Å². The molecule has 1 atom stereocenters. The average molecular weight is 486 g/mol. The molecule has 0 radical (unpaired) electrons. The Kier molecular flexibility index (Phi) is 7.39. The summed E-state index contributed by atoms with van der Waals surface area (Å²) in [6.07, 6.45) is 3.55. The summed E-state index contributed by atoms with van der Waals surface area (Å²) in [5, 5.41) is 3.00. The highest BCUT2D eigenvalue weighted by atomic mass is 32.2. The summed E-state index contributed by atoms with van der Waals surface area (Å²) >= 11 is 0. The fourth-order valence-corrected chi connectivity index (χ4v) is 7.69. The van der Waals surface area contributed by atoms with E-state index in [4.69, 9.17) is 0 Å². The number of nitrogens with zero attached hydrogens (tertiary/aromatic N) is 2. The van der Waals surface area contributed by atoms with Crippen molar-refractivity contribution < 1.29 is 21.6 Å². The van der Waals surface area contributed by atoms with Crippen LogP contribution in [0.4, 0.5) is 0 Å². The van der Waals surface area contributed by atoms with Crippen molar-refractivity contribution in [1.82, 2.24) is 13.9 Å². The summed E-state index contributed by atoms with van der Waals surface area (Å²) in [5.74, 6) is -0.377. The molecule has 0 spiro atoms. The molecule has 0 aliphatic carbocycles. The monoisotopic (exact) mass is 485 g/mol. The fraction of sp³-hybridized carbons (Fsp3) is 0.682. The quantitative estimate of drug-likeness (QED) is 0.686. The first-order valence-electron chi connectivity index (χ1n) is 11.2. The molecular formula is C22H35N3O5S2. The fourth-order valence-electron chi connectivity index (χ4n) is 4.74. The molecule has 1 amide bonds. The van der Waals surface area contributed by atoms with Crippen molar-refractivity contribution in [3.05, 3.63) is 28.3 Å². The van der Waals surface area contributed by atoms with Gasteiger partial charge in [0.2, 0.25) is 26.0 Å². The minimum absolute atomic E-state index is 0.110. The lowest BCUT2D eigenvalue weighted by Crippen LogP contribution is -2.51. The van der Waals surface area contributed by atoms with E-state index in [1.807, 2.05) is 33.8 Å². The topological polar surface area (TPSA) is 104 Å². The number of hydrogen-bond donors (Lipinski definition) is 1. The molecular weight excluding hydrogens is 450 g/mol. The number of carbonyl (C=O) groups is 1. The van der Waals surface area contributed by atoms with Gasteiger partial charge in [0.15, 0.2) is 0 Å². The van der Waals surface area contributed by atoms with Gasteiger partial charge in [-0.3, -0.25) is 4.79 Å². The van der Waals surface area contributed by atoms with E-state index < -0.39 is 20.0 Å². The largest absolute Gasteiger partial charge is 0.352 e. The zero-order chi connectivity index (χ0) is 23.8. The van der Waals surface area contributed by atoms with Crippen molar-refractivity contribution in [2.24, 2.45) is 5.92 Å². The van der Waals surface area contributed by atoms with E-state index in [0.717, 1.165) is 28.7 Å². The first-order valence-corrected chi connectivity index (χ1v) is 14.4. The number of hydrogen-bond acceptors (Lipinski definition) is 5. The molecule has 180 valence electrons. The molecule has 1 aromatic rings. The van der Waals surface area contributed by atoms with E-state index >= 15 is 0 Å². The molecule has 8 nitrogen and oxygen atoms in total. The van der Waals surface area contributed by atoms with Crippen LogP contribution in [0.15, 0.2) is 11.0 Å². The lowest BCUT2D eigenvalue weighted by Gasteiger charge is -2.34. The van der Waals surface area contributed by atoms with E-state index in [-0.39, 0.29) is 17.9 Å². The van der Waals surface area contributed by atoms with Gasteiger partial charge in [0.25, 0.3) is 0 Å². The van der Waals surface area contributed by atoms with Crippen LogP contribution in [0.2, 0.25) is 0 Å². The Bertz CT molecular complexity index is 1060. The Labute approximate surface area is 192 Å². The smallest absolute Gasteiger partial charge is 0.243 e. The lowest BCUT2D eigenvalue weighted by molar-refractivity contribution is -0.127. The standard InChI is InChI=1S/C22H35N3O5S2/c1-15-13-16(2)18(4)21(17(15)3)32(29,30)24-11-8-19(9-12-24)22(26)23-20-7-6-10-25(14-20)31(5,27)28/h13,19-20H,6-12,14H2,1-5H3,(H,23,26). The number of rotatable bonds is 5. The van der Waals surface area contributed by atoms with Crippen molar-refractivity contribution in [2.75, 3.05) is 32.4 Å². The molecule has 1 N–H and O–H groups in total. The molecule has 1 unspecified atom stereocenters. The number of aryl methyl sites for hydroxylation is 2. The zero-order valence-electron chi connectivity index (χ0n) is 19.6. The summed E-state index contributed by atoms with van der Waals surface area (Å²) in [5.41, 5.74) is 3.47. The van der Waals surface area contributed by atoms with Crippen LogP contribution in [-0.4, -0.2) is 69.8 Å². The number of piperidine rings is 2. The van der Waals surface area contributed by atoms with Crippen molar-refractivity contribution in [3.63, 3.8) is 0 Å². The minimum atomic E-state index is -3.64. The van der Waals surface area contributed by atoms with Gasteiger partial charge >= 0.3 is 0 Å². The molecule has 2 fully saturated rings. The maximum atomic E-state index is 13.4. The van der Waals surface area contributed by atoms with Gasteiger partial charge in [-0.15, -0.1) is 0 Å². The second-order valence-corrected chi connectivity index (χ2v) is 13.1. The highest BCUT2D eigenvalue weighted by Crippen LogP contribution is 2.31. The molecule has 2 saturated heterocycles. The van der Waals surface area contributed by atoms with E-state index in [1.54, 1.807) is 0 Å². The van der Waals surface area contributed by atoms with Crippen LogP contribution in [0, 0.1) is 33.6 Å². The predicted molar refractivity (Wildman–Crippen MR) is 124 cm³/mol. The molecule has 0 saturated carbocycles. The number of amides is 1. The molecule has 2 aliphatic heterocycles. The maximum Gasteiger partial charge on any atom is 0.243 e. The highest BCUT2D eigenvalue weighted by Gasteiger charge is 2.35. The SMILES string of the molecule is Cc1cc(C)c(C)c(S(=O)(=O)N2CCC(C(=O)NC3CCCN(S(C)(=O)=O)C3)CC2)c1C. The summed E-state index contributed by atoms with van der Waals surface area (Å²) in [4.78, 5) is 13.2. The van der Waals surface area contributed by atoms with Gasteiger partial charge in [0.1, 0.15) is 0 Å². The molecule has 32 heavy (non-hydrogen) atoms. The summed E-state index contributed by atoms with van der Waals surface area (Å²) < 4.78 is 53.4. The Morgan fingerprint density at radius 1 is 0.906 bits per heavy atom. The molecule has 0 aromatic heterocycles. The van der Waals surface area contributed by atoms with E-state index in [9.17, 15) is 21.6 Å². The Hall–Kier alpha value is -1.49. The second-order valence-electron chi connectivity index (χ2n) is 9.24. The Morgan fingerprint density at radius 2 is 1.47 bits per heavy atom. The number of benzene rings is 1. The lowest BCUT2D eigenvalue weighted by atomic mass is 9.96. The van der Waals surface area contributed by atoms with Gasteiger partial charge in [-0.25, -0.2) is 21.1 Å². The first kappa shape index (κ1) is 25.1. The average Bonchev–Trinajstić information content (AvgIpc) is 2.72. The van der Waals surface area contributed by atoms with Crippen molar-refractivity contribution >= 4 is 26.0 Å². The van der Waals surface area contributed by atoms with Gasteiger partial charge in [-0.05, 0) is 75.6 Å². The van der Waals surface area contributed by atoms with Gasteiger partial charge in [0, 0.05) is 38.1 Å². The first-order chi connectivity index (χ1) is 14.8. The second kappa shape index (κ2) is 9.40. The number of carbonyl (C=O) groups excluding carboxylic acids is 1. The number of nitrogens with one attached hydrogen (secondary N) is 1. The van der Waals surface area contributed by atoms with E-state index in [2.05, 4.69) is 5.32 Å². The Balaban J connectivity index is 1.64. The normalized spacial score (nSPS) is 22.1. The van der Waals surface area contributed by atoms with Crippen molar-refractivity contribution in [2.45, 2.75) is 64.3 Å². The summed E-state index contributed by atoms with van der Waals surface area (Å²) in [6, 6.07) is 1.81. The van der Waals surface area contributed by atoms with Crippen LogP contribution in [-0.2, 0) is 24.8 Å². The van der Waals surface area contributed by atoms with Gasteiger partial charge in [-0.1, -0.05) is 6.07 Å². The molecule has 10 heteroatoms.